The van der Waals surface area contributed by atoms with Crippen LogP contribution < -0.4 is 10.5 Å². The maximum Gasteiger partial charge on any atom is 0.243 e. The van der Waals surface area contributed by atoms with E-state index in [0.717, 1.165) is 0 Å². The summed E-state index contributed by atoms with van der Waals surface area (Å²) in [6, 6.07) is 4.54. The third kappa shape index (κ3) is 3.33. The van der Waals surface area contributed by atoms with Crippen molar-refractivity contribution in [2.75, 3.05) is 13.1 Å². The summed E-state index contributed by atoms with van der Waals surface area (Å²) in [5, 5.41) is 0.209. The summed E-state index contributed by atoms with van der Waals surface area (Å²) in [5.74, 6) is 0. The number of halogens is 2. The van der Waals surface area contributed by atoms with E-state index in [1.54, 1.807) is 6.07 Å². The first kappa shape index (κ1) is 13.7. The van der Waals surface area contributed by atoms with E-state index in [9.17, 15) is 8.42 Å². The fraction of sp³-hybridized carbons (Fsp3) is 0.333. The molecule has 0 saturated carbocycles. The number of hydrogen-bond acceptors (Lipinski definition) is 3. The predicted molar refractivity (Wildman–Crippen MR) is 65.3 cm³/mol. The van der Waals surface area contributed by atoms with Crippen LogP contribution in [0.25, 0.3) is 0 Å². The van der Waals surface area contributed by atoms with Crippen LogP contribution in [0.5, 0.6) is 0 Å². The van der Waals surface area contributed by atoms with Gasteiger partial charge in [-0.25, -0.2) is 13.1 Å². The van der Waals surface area contributed by atoms with Gasteiger partial charge in [0.25, 0.3) is 0 Å². The Balaban J connectivity index is 2.98. The molecule has 0 aliphatic rings. The van der Waals surface area contributed by atoms with Crippen LogP contribution in [-0.4, -0.2) is 21.5 Å². The first-order valence-corrected chi connectivity index (χ1v) is 6.86. The zero-order chi connectivity index (χ0) is 12.2. The Morgan fingerprint density at radius 3 is 2.31 bits per heavy atom. The van der Waals surface area contributed by atoms with Crippen molar-refractivity contribution in [1.82, 2.24) is 4.72 Å². The average molecular weight is 283 g/mol. The quantitative estimate of drug-likeness (QED) is 0.806. The Hall–Kier alpha value is -0.330. The average Bonchev–Trinajstić information content (AvgIpc) is 2.17. The van der Waals surface area contributed by atoms with Gasteiger partial charge >= 0.3 is 0 Å². The van der Waals surface area contributed by atoms with Crippen molar-refractivity contribution >= 4 is 33.2 Å². The van der Waals surface area contributed by atoms with Crippen molar-refractivity contribution in [3.05, 3.63) is 28.2 Å². The number of rotatable bonds is 5. The molecule has 0 aromatic heterocycles. The van der Waals surface area contributed by atoms with Crippen molar-refractivity contribution in [2.24, 2.45) is 5.73 Å². The van der Waals surface area contributed by atoms with Gasteiger partial charge in [0.1, 0.15) is 4.90 Å². The van der Waals surface area contributed by atoms with Gasteiger partial charge in [0, 0.05) is 6.54 Å². The minimum absolute atomic E-state index is 0.0876. The molecule has 4 nitrogen and oxygen atoms in total. The van der Waals surface area contributed by atoms with Crippen molar-refractivity contribution < 1.29 is 8.42 Å². The van der Waals surface area contributed by atoms with Crippen molar-refractivity contribution in [1.29, 1.82) is 0 Å². The number of nitrogens with two attached hydrogens (primary N) is 1. The second-order valence-electron chi connectivity index (χ2n) is 3.09. The summed E-state index contributed by atoms with van der Waals surface area (Å²) < 4.78 is 26.0. The monoisotopic (exact) mass is 282 g/mol. The summed E-state index contributed by atoms with van der Waals surface area (Å²) in [4.78, 5) is -0.0876. The molecule has 0 atom stereocenters. The smallest absolute Gasteiger partial charge is 0.243 e. The van der Waals surface area contributed by atoms with Crippen LogP contribution in [0.2, 0.25) is 10.0 Å². The lowest BCUT2D eigenvalue weighted by Crippen LogP contribution is -2.26. The van der Waals surface area contributed by atoms with E-state index in [1.807, 2.05) is 0 Å². The third-order valence-electron chi connectivity index (χ3n) is 1.86. The zero-order valence-electron chi connectivity index (χ0n) is 8.41. The van der Waals surface area contributed by atoms with Gasteiger partial charge in [0.15, 0.2) is 0 Å². The Bertz CT molecular complexity index is 442. The van der Waals surface area contributed by atoms with E-state index in [0.29, 0.717) is 13.0 Å². The standard InChI is InChI=1S/C9H12Cl2N2O2S/c10-7-3-1-4-8(11)9(7)16(14,15)13-6-2-5-12/h1,3-4,13H,2,5-6,12H2. The molecule has 0 radical (unpaired) electrons. The third-order valence-corrected chi connectivity index (χ3v) is 4.28. The van der Waals surface area contributed by atoms with E-state index in [4.69, 9.17) is 28.9 Å². The van der Waals surface area contributed by atoms with Crippen LogP contribution in [0.1, 0.15) is 6.42 Å². The number of nitrogens with one attached hydrogen (secondary N) is 1. The van der Waals surface area contributed by atoms with Crippen LogP contribution in [0, 0.1) is 0 Å². The van der Waals surface area contributed by atoms with Gasteiger partial charge in [-0.1, -0.05) is 29.3 Å². The number of hydrogen-bond donors (Lipinski definition) is 2. The van der Waals surface area contributed by atoms with Gasteiger partial charge < -0.3 is 5.73 Å². The molecule has 0 fully saturated rings. The SMILES string of the molecule is NCCCNS(=O)(=O)c1c(Cl)cccc1Cl. The second kappa shape index (κ2) is 5.84. The van der Waals surface area contributed by atoms with Gasteiger partial charge in [0.05, 0.1) is 10.0 Å². The normalized spacial score (nSPS) is 11.7. The predicted octanol–water partition coefficient (Wildman–Crippen LogP) is 1.62. The second-order valence-corrected chi connectivity index (χ2v) is 5.61. The van der Waals surface area contributed by atoms with Crippen molar-refractivity contribution in [3.63, 3.8) is 0 Å². The lowest BCUT2D eigenvalue weighted by Gasteiger charge is -2.09. The lowest BCUT2D eigenvalue weighted by atomic mass is 10.4. The Labute approximate surface area is 105 Å². The van der Waals surface area contributed by atoms with Gasteiger partial charge in [0.2, 0.25) is 10.0 Å². The van der Waals surface area contributed by atoms with Crippen LogP contribution in [0.3, 0.4) is 0 Å². The maximum absolute atomic E-state index is 11.8. The fourth-order valence-electron chi connectivity index (χ4n) is 1.12. The maximum atomic E-state index is 11.8. The Morgan fingerprint density at radius 1 is 1.25 bits per heavy atom. The van der Waals surface area contributed by atoms with Crippen molar-refractivity contribution in [3.8, 4) is 0 Å². The van der Waals surface area contributed by atoms with E-state index < -0.39 is 10.0 Å². The van der Waals surface area contributed by atoms with Crippen LogP contribution in [0.15, 0.2) is 23.1 Å². The van der Waals surface area contributed by atoms with E-state index >= 15 is 0 Å². The van der Waals surface area contributed by atoms with Crippen LogP contribution in [0.4, 0.5) is 0 Å². The topological polar surface area (TPSA) is 72.2 Å². The molecule has 0 saturated heterocycles. The van der Waals surface area contributed by atoms with E-state index in [1.165, 1.54) is 12.1 Å². The largest absolute Gasteiger partial charge is 0.330 e. The summed E-state index contributed by atoms with van der Waals surface area (Å²) in [7, 11) is -3.66. The molecule has 0 unspecified atom stereocenters. The molecule has 0 heterocycles. The molecular weight excluding hydrogens is 271 g/mol. The van der Waals surface area contributed by atoms with Crippen LogP contribution >= 0.6 is 23.2 Å². The molecule has 1 aromatic rings. The van der Waals surface area contributed by atoms with Gasteiger partial charge in [-0.3, -0.25) is 0 Å². The summed E-state index contributed by atoms with van der Waals surface area (Å²) in [6.07, 6.45) is 0.557. The highest BCUT2D eigenvalue weighted by atomic mass is 35.5. The van der Waals surface area contributed by atoms with Gasteiger partial charge in [-0.2, -0.15) is 0 Å². The molecule has 1 aromatic carbocycles. The molecule has 0 aliphatic carbocycles. The van der Waals surface area contributed by atoms with Crippen LogP contribution in [-0.2, 0) is 10.0 Å². The fourth-order valence-corrected chi connectivity index (χ4v) is 3.33. The summed E-state index contributed by atoms with van der Waals surface area (Å²) >= 11 is 11.6. The number of benzene rings is 1. The first-order valence-electron chi connectivity index (χ1n) is 4.63. The molecule has 16 heavy (non-hydrogen) atoms. The van der Waals surface area contributed by atoms with Crippen molar-refractivity contribution in [2.45, 2.75) is 11.3 Å². The molecule has 0 aliphatic heterocycles. The van der Waals surface area contributed by atoms with Gasteiger partial charge in [-0.05, 0) is 25.1 Å². The van der Waals surface area contributed by atoms with E-state index in [2.05, 4.69) is 4.72 Å². The molecule has 7 heteroatoms. The minimum Gasteiger partial charge on any atom is -0.330 e. The molecular formula is C9H12Cl2N2O2S. The molecule has 0 amide bonds. The summed E-state index contributed by atoms with van der Waals surface area (Å²) in [6.45, 7) is 0.680. The Morgan fingerprint density at radius 2 is 1.81 bits per heavy atom. The molecule has 1 rings (SSSR count). The highest BCUT2D eigenvalue weighted by Crippen LogP contribution is 2.28. The highest BCUT2D eigenvalue weighted by Gasteiger charge is 2.20. The molecule has 3 N–H and O–H groups in total. The highest BCUT2D eigenvalue weighted by molar-refractivity contribution is 7.89. The zero-order valence-corrected chi connectivity index (χ0v) is 10.7. The van der Waals surface area contributed by atoms with Gasteiger partial charge in [-0.15, -0.1) is 0 Å². The molecule has 90 valence electrons. The molecule has 0 bridgehead atoms. The Kier molecular flexibility index (Phi) is 5.01. The number of sulfonamides is 1. The molecule has 0 spiro atoms. The lowest BCUT2D eigenvalue weighted by molar-refractivity contribution is 0.579. The summed E-state index contributed by atoms with van der Waals surface area (Å²) in [5.41, 5.74) is 5.27. The van der Waals surface area contributed by atoms with E-state index in [-0.39, 0.29) is 21.5 Å². The first-order chi connectivity index (χ1) is 7.49. The minimum atomic E-state index is -3.66.